The molecule has 0 spiro atoms. The third-order valence-electron chi connectivity index (χ3n) is 4.32. The summed E-state index contributed by atoms with van der Waals surface area (Å²) in [4.78, 5) is 22.8. The zero-order valence-electron chi connectivity index (χ0n) is 15.7. The lowest BCUT2D eigenvalue weighted by Crippen LogP contribution is -2.21. The van der Waals surface area contributed by atoms with Crippen molar-refractivity contribution in [3.8, 4) is 5.75 Å². The fraction of sp³-hybridized carbons (Fsp3) is 0.190. The first-order valence-electron chi connectivity index (χ1n) is 8.78. The average Bonchev–Trinajstić information content (AvgIpc) is 2.73. The van der Waals surface area contributed by atoms with E-state index in [2.05, 4.69) is 20.2 Å². The number of ether oxygens (including phenoxy) is 1. The van der Waals surface area contributed by atoms with E-state index in [1.807, 2.05) is 25.2 Å². The van der Waals surface area contributed by atoms with E-state index in [-0.39, 0.29) is 5.91 Å². The summed E-state index contributed by atoms with van der Waals surface area (Å²) in [5.41, 5.74) is 3.08. The summed E-state index contributed by atoms with van der Waals surface area (Å²) in [5, 5.41) is 3.21. The van der Waals surface area contributed by atoms with Gasteiger partial charge in [0.05, 0.1) is 24.0 Å². The molecule has 0 aliphatic heterocycles. The highest BCUT2D eigenvalue weighted by molar-refractivity contribution is 6.32. The Morgan fingerprint density at radius 1 is 1.18 bits per heavy atom. The number of likely N-dealkylation sites (N-methyl/N-ethyl adjacent to an activating group) is 1. The minimum atomic E-state index is -0.299. The molecule has 1 N–H and O–H groups in total. The lowest BCUT2D eigenvalue weighted by Gasteiger charge is -2.19. The van der Waals surface area contributed by atoms with Crippen molar-refractivity contribution in [2.45, 2.75) is 6.42 Å². The van der Waals surface area contributed by atoms with Crippen LogP contribution in [0.25, 0.3) is 0 Å². The highest BCUT2D eigenvalue weighted by atomic mass is 35.5. The van der Waals surface area contributed by atoms with Gasteiger partial charge in [-0.25, -0.2) is 4.98 Å². The van der Waals surface area contributed by atoms with Crippen LogP contribution in [0.2, 0.25) is 5.02 Å². The van der Waals surface area contributed by atoms with E-state index in [4.69, 9.17) is 16.3 Å². The number of pyridine rings is 2. The SMILES string of the molecule is COc1ccc(NC(=O)c2ccc(N(C)CCc3ccncc3)cn2)cc1Cl. The number of hydrogen-bond acceptors (Lipinski definition) is 5. The minimum Gasteiger partial charge on any atom is -0.495 e. The number of benzene rings is 1. The summed E-state index contributed by atoms with van der Waals surface area (Å²) in [6, 6.07) is 12.7. The molecule has 0 bridgehead atoms. The number of halogens is 1. The number of amides is 1. The van der Waals surface area contributed by atoms with Gasteiger partial charge in [0.15, 0.2) is 0 Å². The third kappa shape index (κ3) is 4.98. The predicted molar refractivity (Wildman–Crippen MR) is 111 cm³/mol. The summed E-state index contributed by atoms with van der Waals surface area (Å²) < 4.78 is 5.11. The van der Waals surface area contributed by atoms with Gasteiger partial charge in [0.2, 0.25) is 0 Å². The van der Waals surface area contributed by atoms with Gasteiger partial charge >= 0.3 is 0 Å². The van der Waals surface area contributed by atoms with Crippen molar-refractivity contribution in [3.05, 3.63) is 77.3 Å². The Balaban J connectivity index is 1.60. The Labute approximate surface area is 169 Å². The summed E-state index contributed by atoms with van der Waals surface area (Å²) in [5.74, 6) is 0.254. The first-order chi connectivity index (χ1) is 13.6. The van der Waals surface area contributed by atoms with Gasteiger partial charge in [-0.1, -0.05) is 11.6 Å². The molecule has 1 aromatic carbocycles. The number of aromatic nitrogens is 2. The van der Waals surface area contributed by atoms with Gasteiger partial charge in [-0.05, 0) is 54.4 Å². The van der Waals surface area contributed by atoms with Crippen LogP contribution in [0, 0.1) is 0 Å². The van der Waals surface area contributed by atoms with Crippen LogP contribution in [0.1, 0.15) is 16.1 Å². The molecule has 2 aromatic heterocycles. The molecule has 7 heteroatoms. The number of nitrogens with one attached hydrogen (secondary N) is 1. The molecule has 144 valence electrons. The highest BCUT2D eigenvalue weighted by Crippen LogP contribution is 2.27. The standard InChI is InChI=1S/C21H21ClN4O2/c1-26(12-9-15-7-10-23-11-8-15)17-4-5-19(24-14-17)21(27)25-16-3-6-20(28-2)18(22)13-16/h3-8,10-11,13-14H,9,12H2,1-2H3,(H,25,27). The van der Waals surface area contributed by atoms with E-state index in [0.29, 0.717) is 22.2 Å². The molecule has 0 aliphatic rings. The van der Waals surface area contributed by atoms with Gasteiger partial charge in [-0.2, -0.15) is 0 Å². The van der Waals surface area contributed by atoms with Crippen molar-refractivity contribution >= 4 is 28.9 Å². The lowest BCUT2D eigenvalue weighted by molar-refractivity contribution is 0.102. The van der Waals surface area contributed by atoms with Crippen LogP contribution in [0.15, 0.2) is 61.1 Å². The summed E-state index contributed by atoms with van der Waals surface area (Å²) >= 11 is 6.09. The maximum absolute atomic E-state index is 12.4. The molecule has 0 aliphatic carbocycles. The van der Waals surface area contributed by atoms with Crippen LogP contribution >= 0.6 is 11.6 Å². The molecule has 0 atom stereocenters. The number of methoxy groups -OCH3 is 1. The lowest BCUT2D eigenvalue weighted by atomic mass is 10.2. The Hall–Kier alpha value is -3.12. The second-order valence-electron chi connectivity index (χ2n) is 6.23. The van der Waals surface area contributed by atoms with Crippen molar-refractivity contribution in [1.29, 1.82) is 0 Å². The van der Waals surface area contributed by atoms with E-state index >= 15 is 0 Å². The van der Waals surface area contributed by atoms with Gasteiger partial charge in [0.1, 0.15) is 11.4 Å². The zero-order chi connectivity index (χ0) is 19.9. The Kier molecular flexibility index (Phi) is 6.45. The van der Waals surface area contributed by atoms with Crippen LogP contribution in [0.5, 0.6) is 5.75 Å². The van der Waals surface area contributed by atoms with Gasteiger partial charge in [-0.3, -0.25) is 9.78 Å². The van der Waals surface area contributed by atoms with E-state index in [1.54, 1.807) is 50.0 Å². The molecule has 6 nitrogen and oxygen atoms in total. The number of nitrogens with zero attached hydrogens (tertiary/aromatic N) is 3. The molecule has 28 heavy (non-hydrogen) atoms. The van der Waals surface area contributed by atoms with Gasteiger partial charge in [0, 0.05) is 31.7 Å². The Morgan fingerprint density at radius 3 is 2.61 bits per heavy atom. The molecule has 3 aromatic rings. The smallest absolute Gasteiger partial charge is 0.274 e. The maximum atomic E-state index is 12.4. The molecular formula is C21H21ClN4O2. The Bertz CT molecular complexity index is 933. The van der Waals surface area contributed by atoms with E-state index < -0.39 is 0 Å². The zero-order valence-corrected chi connectivity index (χ0v) is 16.5. The number of rotatable bonds is 7. The van der Waals surface area contributed by atoms with Crippen LogP contribution in [0.4, 0.5) is 11.4 Å². The highest BCUT2D eigenvalue weighted by Gasteiger charge is 2.10. The normalized spacial score (nSPS) is 10.4. The molecule has 1 amide bonds. The minimum absolute atomic E-state index is 0.299. The molecular weight excluding hydrogens is 376 g/mol. The number of anilines is 2. The van der Waals surface area contributed by atoms with Gasteiger partial charge in [-0.15, -0.1) is 0 Å². The fourth-order valence-corrected chi connectivity index (χ4v) is 2.92. The van der Waals surface area contributed by atoms with Crippen LogP contribution in [-0.2, 0) is 6.42 Å². The van der Waals surface area contributed by atoms with Crippen molar-refractivity contribution < 1.29 is 9.53 Å². The first-order valence-corrected chi connectivity index (χ1v) is 9.15. The number of carbonyl (C=O) groups is 1. The fourth-order valence-electron chi connectivity index (χ4n) is 2.66. The molecule has 0 saturated heterocycles. The average molecular weight is 397 g/mol. The van der Waals surface area contributed by atoms with Crippen molar-refractivity contribution in [2.75, 3.05) is 30.9 Å². The topological polar surface area (TPSA) is 67.3 Å². The van der Waals surface area contributed by atoms with Crippen LogP contribution in [-0.4, -0.2) is 36.6 Å². The quantitative estimate of drug-likeness (QED) is 0.652. The largest absolute Gasteiger partial charge is 0.495 e. The molecule has 3 rings (SSSR count). The summed E-state index contributed by atoms with van der Waals surface area (Å²) in [6.07, 6.45) is 6.18. The van der Waals surface area contributed by atoms with Gasteiger partial charge < -0.3 is 15.0 Å². The summed E-state index contributed by atoms with van der Waals surface area (Å²) in [7, 11) is 3.54. The number of hydrogen-bond donors (Lipinski definition) is 1. The van der Waals surface area contributed by atoms with E-state index in [0.717, 1.165) is 18.7 Å². The van der Waals surface area contributed by atoms with E-state index in [9.17, 15) is 4.79 Å². The third-order valence-corrected chi connectivity index (χ3v) is 4.61. The van der Waals surface area contributed by atoms with Crippen LogP contribution < -0.4 is 15.0 Å². The first kappa shape index (κ1) is 19.6. The molecule has 0 radical (unpaired) electrons. The van der Waals surface area contributed by atoms with E-state index in [1.165, 1.54) is 5.56 Å². The number of carbonyl (C=O) groups excluding carboxylic acids is 1. The summed E-state index contributed by atoms with van der Waals surface area (Å²) in [6.45, 7) is 0.835. The van der Waals surface area contributed by atoms with Crippen LogP contribution in [0.3, 0.4) is 0 Å². The predicted octanol–water partition coefficient (Wildman–Crippen LogP) is 4.07. The van der Waals surface area contributed by atoms with Crippen molar-refractivity contribution in [3.63, 3.8) is 0 Å². The monoisotopic (exact) mass is 396 g/mol. The molecule has 0 saturated carbocycles. The van der Waals surface area contributed by atoms with Gasteiger partial charge in [0.25, 0.3) is 5.91 Å². The molecule has 2 heterocycles. The Morgan fingerprint density at radius 2 is 1.96 bits per heavy atom. The molecule has 0 unspecified atom stereocenters. The second kappa shape index (κ2) is 9.19. The van der Waals surface area contributed by atoms with Crippen molar-refractivity contribution in [2.24, 2.45) is 0 Å². The molecule has 0 fully saturated rings. The second-order valence-corrected chi connectivity index (χ2v) is 6.64. The maximum Gasteiger partial charge on any atom is 0.274 e. The van der Waals surface area contributed by atoms with Crippen molar-refractivity contribution in [1.82, 2.24) is 9.97 Å².